The molecule has 142 valence electrons. The van der Waals surface area contributed by atoms with Gasteiger partial charge >= 0.3 is 0 Å². The van der Waals surface area contributed by atoms with Crippen LogP contribution in [0.15, 0.2) is 40.4 Å². The fourth-order valence-electron chi connectivity index (χ4n) is 3.58. The summed E-state index contributed by atoms with van der Waals surface area (Å²) < 4.78 is 0. The topological polar surface area (TPSA) is 63.5 Å². The molecule has 0 aromatic heterocycles. The van der Waals surface area contributed by atoms with Gasteiger partial charge in [0.2, 0.25) is 0 Å². The number of phenolic OH excluding ortho intramolecular Hbond substituents is 1. The lowest BCUT2D eigenvalue weighted by atomic mass is 10.1. The van der Waals surface area contributed by atoms with Crippen LogP contribution in [0.25, 0.3) is 0 Å². The van der Waals surface area contributed by atoms with E-state index in [2.05, 4.69) is 39.3 Å². The highest BCUT2D eigenvalue weighted by Gasteiger charge is 2.24. The minimum atomic E-state index is -0.324. The summed E-state index contributed by atoms with van der Waals surface area (Å²) in [5.41, 5.74) is 1.59. The summed E-state index contributed by atoms with van der Waals surface area (Å²) in [7, 11) is 4.10. The maximum atomic E-state index is 10.5. The lowest BCUT2D eigenvalue weighted by Crippen LogP contribution is -2.43. The molecule has 2 aliphatic heterocycles. The van der Waals surface area contributed by atoms with Crippen molar-refractivity contribution in [1.82, 2.24) is 15.1 Å². The van der Waals surface area contributed by atoms with Crippen LogP contribution in [0.2, 0.25) is 0 Å². The number of nitrogens with one attached hydrogen (secondary N) is 1. The van der Waals surface area contributed by atoms with Crippen molar-refractivity contribution < 1.29 is 5.11 Å². The van der Waals surface area contributed by atoms with Crippen LogP contribution in [-0.4, -0.2) is 48.1 Å². The van der Waals surface area contributed by atoms with Crippen molar-refractivity contribution in [3.63, 3.8) is 0 Å². The number of piperidine rings is 1. The number of benzene rings is 1. The van der Waals surface area contributed by atoms with Gasteiger partial charge in [-0.2, -0.15) is 5.11 Å². The number of hydrogen-bond donors (Lipinski definition) is 2. The third-order valence-corrected chi connectivity index (χ3v) is 5.27. The second-order valence-corrected chi connectivity index (χ2v) is 7.83. The summed E-state index contributed by atoms with van der Waals surface area (Å²) in [4.78, 5) is 4.31. The Kier molecular flexibility index (Phi) is 5.04. The first-order chi connectivity index (χ1) is 13.1. The van der Waals surface area contributed by atoms with Crippen LogP contribution < -0.4 is 5.32 Å². The van der Waals surface area contributed by atoms with Crippen molar-refractivity contribution in [2.24, 2.45) is 16.1 Å². The van der Waals surface area contributed by atoms with Crippen LogP contribution in [0.3, 0.4) is 0 Å². The second kappa shape index (κ2) is 7.61. The molecule has 4 rings (SSSR count). The smallest absolute Gasteiger partial charge is 0.171 e. The summed E-state index contributed by atoms with van der Waals surface area (Å²) in [5.74, 6) is 7.90. The lowest BCUT2D eigenvalue weighted by Gasteiger charge is -2.32. The molecule has 1 aromatic rings. The molecule has 1 saturated heterocycles. The van der Waals surface area contributed by atoms with Crippen molar-refractivity contribution in [2.75, 3.05) is 27.2 Å². The molecule has 0 bridgehead atoms. The van der Waals surface area contributed by atoms with Gasteiger partial charge in [-0.3, -0.25) is 0 Å². The van der Waals surface area contributed by atoms with Gasteiger partial charge in [-0.05, 0) is 57.5 Å². The Hall–Kier alpha value is -2.52. The number of rotatable bonds is 3. The lowest BCUT2D eigenvalue weighted by molar-refractivity contribution is 0.230. The molecule has 0 amide bonds. The molecule has 1 aliphatic carbocycles. The molecule has 2 fully saturated rings. The molecule has 0 spiro atoms. The monoisotopic (exact) mass is 365 g/mol. The van der Waals surface area contributed by atoms with Crippen LogP contribution in [0, 0.1) is 17.8 Å². The molecule has 3 aliphatic rings. The van der Waals surface area contributed by atoms with Crippen LogP contribution >= 0.6 is 0 Å². The van der Waals surface area contributed by atoms with E-state index in [9.17, 15) is 5.11 Å². The molecule has 6 heteroatoms. The Bertz CT molecular complexity index is 818. The maximum absolute atomic E-state index is 10.5. The van der Waals surface area contributed by atoms with E-state index in [1.165, 1.54) is 19.3 Å². The van der Waals surface area contributed by atoms with E-state index in [4.69, 9.17) is 0 Å². The fraction of sp³-hybridized carbons (Fsp3) is 0.524. The van der Waals surface area contributed by atoms with Gasteiger partial charge in [0.15, 0.2) is 12.0 Å². The molecule has 1 aromatic carbocycles. The number of likely N-dealkylation sites (N-methyl/N-ethyl adjacent to an activating group) is 1. The average Bonchev–Trinajstić information content (AvgIpc) is 3.45. The van der Waals surface area contributed by atoms with Crippen LogP contribution in [-0.2, 0) is 0 Å². The summed E-state index contributed by atoms with van der Waals surface area (Å²) in [6, 6.07) is 5.97. The van der Waals surface area contributed by atoms with Gasteiger partial charge in [0.25, 0.3) is 0 Å². The van der Waals surface area contributed by atoms with E-state index < -0.39 is 0 Å². The minimum Gasteiger partial charge on any atom is -0.507 e. The Morgan fingerprint density at radius 3 is 2.78 bits per heavy atom. The molecule has 1 saturated carbocycles. The number of aromatic hydroxyl groups is 1. The van der Waals surface area contributed by atoms with E-state index in [1.807, 2.05) is 30.3 Å². The van der Waals surface area contributed by atoms with Gasteiger partial charge in [-0.15, -0.1) is 5.11 Å². The second-order valence-electron chi connectivity index (χ2n) is 7.83. The summed E-state index contributed by atoms with van der Waals surface area (Å²) >= 11 is 0. The zero-order valence-corrected chi connectivity index (χ0v) is 16.0. The Morgan fingerprint density at radius 2 is 2.07 bits per heavy atom. The highest BCUT2D eigenvalue weighted by Crippen LogP contribution is 2.33. The molecule has 2 N–H and O–H groups in total. The Morgan fingerprint density at radius 1 is 1.22 bits per heavy atom. The first-order valence-corrected chi connectivity index (χ1v) is 9.72. The van der Waals surface area contributed by atoms with Crippen LogP contribution in [0.1, 0.15) is 43.0 Å². The zero-order chi connectivity index (χ0) is 18.8. The van der Waals surface area contributed by atoms with E-state index in [0.29, 0.717) is 12.0 Å². The molecule has 6 nitrogen and oxygen atoms in total. The van der Waals surface area contributed by atoms with E-state index in [-0.39, 0.29) is 11.9 Å². The van der Waals surface area contributed by atoms with Gasteiger partial charge in [0.1, 0.15) is 5.75 Å². The summed E-state index contributed by atoms with van der Waals surface area (Å²) in [6.07, 6.45) is 6.38. The van der Waals surface area contributed by atoms with Gasteiger partial charge in [-0.25, -0.2) is 0 Å². The third kappa shape index (κ3) is 4.42. The van der Waals surface area contributed by atoms with Gasteiger partial charge in [0.05, 0.1) is 0 Å². The normalized spacial score (nSPS) is 25.6. The van der Waals surface area contributed by atoms with Crippen LogP contribution in [0.5, 0.6) is 5.75 Å². The quantitative estimate of drug-likeness (QED) is 0.808. The molecule has 27 heavy (non-hydrogen) atoms. The summed E-state index contributed by atoms with van der Waals surface area (Å²) in [6.45, 7) is 2.17. The maximum Gasteiger partial charge on any atom is 0.171 e. The van der Waals surface area contributed by atoms with Crippen molar-refractivity contribution in [2.45, 2.75) is 37.9 Å². The Labute approximate surface area is 161 Å². The van der Waals surface area contributed by atoms with Crippen molar-refractivity contribution >= 4 is 0 Å². The predicted molar refractivity (Wildman–Crippen MR) is 105 cm³/mol. The third-order valence-electron chi connectivity index (χ3n) is 5.27. The standard InChI is InChI=1S/C21H27N5O/c1-25-11-3-4-17(13-25)22-20-14-26(2)21(24-23-20)18-10-9-16(12-19(18)27)8-7-15-5-6-15/h9-10,12,14-15,17,21-22,27H,3-6,11,13H2,1-2H3/t17?,21-/m0/s1. The number of nitrogens with zero attached hydrogens (tertiary/aromatic N) is 4. The van der Waals surface area contributed by atoms with Gasteiger partial charge in [0, 0.05) is 42.9 Å². The first-order valence-electron chi connectivity index (χ1n) is 9.72. The molecular formula is C21H27N5O. The number of likely N-dealkylation sites (tertiary alicyclic amines) is 1. The van der Waals surface area contributed by atoms with Gasteiger partial charge in [-0.1, -0.05) is 11.8 Å². The van der Waals surface area contributed by atoms with Crippen LogP contribution in [0.4, 0.5) is 0 Å². The average molecular weight is 365 g/mol. The zero-order valence-electron chi connectivity index (χ0n) is 16.0. The van der Waals surface area contributed by atoms with E-state index in [0.717, 1.165) is 36.5 Å². The molecular weight excluding hydrogens is 338 g/mol. The molecule has 2 heterocycles. The number of azo groups is 1. The van der Waals surface area contributed by atoms with E-state index in [1.54, 1.807) is 6.07 Å². The minimum absolute atomic E-state index is 0.215. The Balaban J connectivity index is 1.43. The highest BCUT2D eigenvalue weighted by atomic mass is 16.3. The largest absolute Gasteiger partial charge is 0.507 e. The SMILES string of the molecule is CN1CCCC(NC2=CN(C)[C@@H](c3ccc(C#CC4CC4)cc3O)N=N2)C1. The molecule has 0 radical (unpaired) electrons. The van der Waals surface area contributed by atoms with E-state index >= 15 is 0 Å². The molecule has 2 atom stereocenters. The van der Waals surface area contributed by atoms with Crippen molar-refractivity contribution in [1.29, 1.82) is 0 Å². The highest BCUT2D eigenvalue weighted by molar-refractivity contribution is 5.45. The fourth-order valence-corrected chi connectivity index (χ4v) is 3.58. The van der Waals surface area contributed by atoms with Crippen molar-refractivity contribution in [3.8, 4) is 17.6 Å². The predicted octanol–water partition coefficient (Wildman–Crippen LogP) is 3.03. The molecule has 1 unspecified atom stereocenters. The van der Waals surface area contributed by atoms with Crippen molar-refractivity contribution in [3.05, 3.63) is 41.3 Å². The summed E-state index contributed by atoms with van der Waals surface area (Å²) in [5, 5.41) is 22.7. The number of phenols is 1. The first kappa shape index (κ1) is 17.9. The van der Waals surface area contributed by atoms with Gasteiger partial charge < -0.3 is 20.2 Å². The number of hydrogen-bond acceptors (Lipinski definition) is 6.